The Balaban J connectivity index is 1.47. The predicted octanol–water partition coefficient (Wildman–Crippen LogP) is 3.12. The molecular weight excluding hydrogens is 421 g/mol. The molecule has 4 aromatic rings. The Hall–Kier alpha value is -3.98. The van der Waals surface area contributed by atoms with Crippen molar-refractivity contribution in [3.05, 3.63) is 71.8 Å². The van der Waals surface area contributed by atoms with Crippen molar-refractivity contribution in [2.75, 3.05) is 36.4 Å². The van der Waals surface area contributed by atoms with Crippen LogP contribution in [0.1, 0.15) is 15.9 Å². The van der Waals surface area contributed by atoms with Gasteiger partial charge in [-0.2, -0.15) is 4.98 Å². The second kappa shape index (κ2) is 8.51. The van der Waals surface area contributed by atoms with Crippen molar-refractivity contribution in [2.45, 2.75) is 6.92 Å². The number of benzene rings is 2. The zero-order chi connectivity index (χ0) is 22.9. The first kappa shape index (κ1) is 20.9. The third-order valence-corrected chi connectivity index (χ3v) is 5.84. The maximum atomic E-state index is 14.8. The van der Waals surface area contributed by atoms with E-state index < -0.39 is 11.7 Å². The number of anilines is 3. The molecule has 0 radical (unpaired) electrons. The third-order valence-electron chi connectivity index (χ3n) is 5.84. The second-order valence-corrected chi connectivity index (χ2v) is 8.02. The summed E-state index contributed by atoms with van der Waals surface area (Å²) in [5.74, 6) is -0.912. The lowest BCUT2D eigenvalue weighted by atomic mass is 10.1. The molecule has 0 aliphatic carbocycles. The van der Waals surface area contributed by atoms with Gasteiger partial charge in [0, 0.05) is 49.1 Å². The number of piperazine rings is 1. The number of nitrogens with two attached hydrogens (primary N) is 1. The van der Waals surface area contributed by atoms with Crippen molar-refractivity contribution in [2.24, 2.45) is 5.73 Å². The predicted molar refractivity (Wildman–Crippen MR) is 127 cm³/mol. The number of hydrogen-bond donors (Lipinski definition) is 3. The average Bonchev–Trinajstić information content (AvgIpc) is 3.21. The lowest BCUT2D eigenvalue weighted by Gasteiger charge is -2.30. The van der Waals surface area contributed by atoms with Crippen molar-refractivity contribution >= 4 is 34.1 Å². The summed E-state index contributed by atoms with van der Waals surface area (Å²) in [6, 6.07) is 13.2. The summed E-state index contributed by atoms with van der Waals surface area (Å²) in [7, 11) is 0. The zero-order valence-corrected chi connectivity index (χ0v) is 18.2. The fourth-order valence-corrected chi connectivity index (χ4v) is 4.26. The van der Waals surface area contributed by atoms with E-state index in [4.69, 9.17) is 5.73 Å². The van der Waals surface area contributed by atoms with E-state index in [1.807, 2.05) is 18.2 Å². The number of para-hydroxylation sites is 1. The van der Waals surface area contributed by atoms with Crippen LogP contribution in [-0.4, -0.2) is 46.6 Å². The van der Waals surface area contributed by atoms with Gasteiger partial charge in [0.1, 0.15) is 0 Å². The molecule has 5 rings (SSSR count). The van der Waals surface area contributed by atoms with Crippen molar-refractivity contribution < 1.29 is 9.18 Å². The minimum Gasteiger partial charge on any atom is -0.369 e. The van der Waals surface area contributed by atoms with Crippen molar-refractivity contribution in [3.8, 4) is 5.82 Å². The highest BCUT2D eigenvalue weighted by molar-refractivity contribution is 6.06. The first-order valence-corrected chi connectivity index (χ1v) is 10.8. The van der Waals surface area contributed by atoms with E-state index in [0.29, 0.717) is 16.5 Å². The molecule has 1 amide bonds. The Morgan fingerprint density at radius 2 is 1.97 bits per heavy atom. The standard InChI is InChI=1S/C24H24FN7O/c1-15-12-16(6-7-20(15)31-10-8-27-9-11-31)29-24-28-13-19(25)23(30-24)32-14-18(22(26)33)17-4-2-3-5-21(17)32/h2-7,12-14,27H,8-11H2,1H3,(H2,26,33)(H,28,29,30). The third kappa shape index (κ3) is 3.98. The molecule has 1 saturated heterocycles. The quantitative estimate of drug-likeness (QED) is 0.436. The zero-order valence-electron chi connectivity index (χ0n) is 18.2. The first-order chi connectivity index (χ1) is 16.0. The van der Waals surface area contributed by atoms with Crippen LogP contribution in [0.3, 0.4) is 0 Å². The molecule has 168 valence electrons. The van der Waals surface area contributed by atoms with E-state index in [9.17, 15) is 9.18 Å². The molecule has 0 saturated carbocycles. The van der Waals surface area contributed by atoms with Crippen LogP contribution in [0.25, 0.3) is 16.7 Å². The first-order valence-electron chi connectivity index (χ1n) is 10.8. The van der Waals surface area contributed by atoms with Crippen LogP contribution in [0.5, 0.6) is 0 Å². The van der Waals surface area contributed by atoms with E-state index in [2.05, 4.69) is 38.5 Å². The Morgan fingerprint density at radius 1 is 1.18 bits per heavy atom. The molecular formula is C24H24FN7O. The highest BCUT2D eigenvalue weighted by Crippen LogP contribution is 2.28. The van der Waals surface area contributed by atoms with Crippen molar-refractivity contribution in [1.29, 1.82) is 0 Å². The molecule has 0 unspecified atom stereocenters. The topological polar surface area (TPSA) is 101 Å². The Labute approximate surface area is 190 Å². The molecule has 1 fully saturated rings. The smallest absolute Gasteiger partial charge is 0.250 e. The van der Waals surface area contributed by atoms with E-state index >= 15 is 0 Å². The molecule has 4 N–H and O–H groups in total. The van der Waals surface area contributed by atoms with Crippen LogP contribution in [0.2, 0.25) is 0 Å². The Bertz CT molecular complexity index is 1340. The van der Waals surface area contributed by atoms with Crippen LogP contribution in [-0.2, 0) is 0 Å². The minimum atomic E-state index is -0.609. The van der Waals surface area contributed by atoms with Gasteiger partial charge in [-0.05, 0) is 36.8 Å². The summed E-state index contributed by atoms with van der Waals surface area (Å²) < 4.78 is 16.3. The van der Waals surface area contributed by atoms with Gasteiger partial charge in [-0.15, -0.1) is 0 Å². The molecule has 1 aliphatic rings. The number of rotatable bonds is 5. The molecule has 0 atom stereocenters. The summed E-state index contributed by atoms with van der Waals surface area (Å²) in [6.45, 7) is 5.94. The lowest BCUT2D eigenvalue weighted by Crippen LogP contribution is -2.43. The van der Waals surface area contributed by atoms with Crippen LogP contribution < -0.4 is 21.3 Å². The molecule has 1 aliphatic heterocycles. The Kier molecular flexibility index (Phi) is 5.39. The van der Waals surface area contributed by atoms with E-state index in [1.54, 1.807) is 18.2 Å². The van der Waals surface area contributed by atoms with Crippen LogP contribution in [0, 0.1) is 12.7 Å². The summed E-state index contributed by atoms with van der Waals surface area (Å²) in [6.07, 6.45) is 2.62. The number of fused-ring (bicyclic) bond motifs is 1. The van der Waals surface area contributed by atoms with Gasteiger partial charge in [0.2, 0.25) is 5.95 Å². The van der Waals surface area contributed by atoms with Gasteiger partial charge in [-0.25, -0.2) is 9.37 Å². The SMILES string of the molecule is Cc1cc(Nc2ncc(F)c(-n3cc(C(N)=O)c4ccccc43)n2)ccc1N1CCNCC1. The number of hydrogen-bond acceptors (Lipinski definition) is 6. The number of carbonyl (C=O) groups excluding carboxylic acids is 1. The monoisotopic (exact) mass is 445 g/mol. The average molecular weight is 446 g/mol. The molecule has 0 spiro atoms. The molecule has 9 heteroatoms. The number of aromatic nitrogens is 3. The number of nitrogens with zero attached hydrogens (tertiary/aromatic N) is 4. The van der Waals surface area contributed by atoms with Crippen molar-refractivity contribution in [1.82, 2.24) is 19.9 Å². The Morgan fingerprint density at radius 3 is 2.73 bits per heavy atom. The van der Waals surface area contributed by atoms with E-state index in [0.717, 1.165) is 43.6 Å². The number of nitrogens with one attached hydrogen (secondary N) is 2. The molecule has 0 bridgehead atoms. The summed E-state index contributed by atoms with van der Waals surface area (Å²) in [5.41, 5.74) is 9.59. The highest BCUT2D eigenvalue weighted by Gasteiger charge is 2.18. The highest BCUT2D eigenvalue weighted by atomic mass is 19.1. The summed E-state index contributed by atoms with van der Waals surface area (Å²) in [4.78, 5) is 22.7. The summed E-state index contributed by atoms with van der Waals surface area (Å²) >= 11 is 0. The molecule has 2 aromatic carbocycles. The van der Waals surface area contributed by atoms with E-state index in [-0.39, 0.29) is 11.8 Å². The van der Waals surface area contributed by atoms with Crippen LogP contribution in [0.15, 0.2) is 54.9 Å². The van der Waals surface area contributed by atoms with Gasteiger partial charge in [0.15, 0.2) is 11.6 Å². The molecule has 2 aromatic heterocycles. The lowest BCUT2D eigenvalue weighted by molar-refractivity contribution is 0.100. The summed E-state index contributed by atoms with van der Waals surface area (Å²) in [5, 5.41) is 7.16. The van der Waals surface area contributed by atoms with Crippen molar-refractivity contribution in [3.63, 3.8) is 0 Å². The van der Waals surface area contributed by atoms with Gasteiger partial charge in [0.05, 0.1) is 17.3 Å². The molecule has 8 nitrogen and oxygen atoms in total. The molecule has 3 heterocycles. The maximum Gasteiger partial charge on any atom is 0.250 e. The van der Waals surface area contributed by atoms with Crippen LogP contribution >= 0.6 is 0 Å². The fraction of sp³-hybridized carbons (Fsp3) is 0.208. The molecule has 33 heavy (non-hydrogen) atoms. The fourth-order valence-electron chi connectivity index (χ4n) is 4.26. The van der Waals surface area contributed by atoms with Gasteiger partial charge >= 0.3 is 0 Å². The number of amides is 1. The normalized spacial score (nSPS) is 13.9. The van der Waals surface area contributed by atoms with Gasteiger partial charge < -0.3 is 21.3 Å². The largest absolute Gasteiger partial charge is 0.369 e. The number of primary amides is 1. The van der Waals surface area contributed by atoms with E-state index in [1.165, 1.54) is 16.5 Å². The van der Waals surface area contributed by atoms with Gasteiger partial charge in [-0.1, -0.05) is 18.2 Å². The second-order valence-electron chi connectivity index (χ2n) is 8.02. The number of aryl methyl sites for hydroxylation is 1. The number of carbonyl (C=O) groups is 1. The minimum absolute atomic E-state index is 0.0327. The maximum absolute atomic E-state index is 14.8. The van der Waals surface area contributed by atoms with Gasteiger partial charge in [-0.3, -0.25) is 9.36 Å². The number of halogens is 1. The van der Waals surface area contributed by atoms with Gasteiger partial charge in [0.25, 0.3) is 5.91 Å². The van der Waals surface area contributed by atoms with Crippen LogP contribution in [0.4, 0.5) is 21.7 Å².